The Balaban J connectivity index is 0.000000205. The number of allylic oxidation sites excluding steroid dienone is 2. The zero-order valence-corrected chi connectivity index (χ0v) is 55.8. The number of amides is 2. The van der Waals surface area contributed by atoms with Gasteiger partial charge in [-0.3, -0.25) is 28.8 Å². The van der Waals surface area contributed by atoms with Crippen LogP contribution in [0.4, 0.5) is 0 Å². The molecule has 23 nitrogen and oxygen atoms in total. The van der Waals surface area contributed by atoms with E-state index in [0.717, 1.165) is 43.8 Å². The molecule has 0 aliphatic carbocycles. The van der Waals surface area contributed by atoms with Crippen molar-refractivity contribution in [1.82, 2.24) is 19.8 Å². The van der Waals surface area contributed by atoms with Crippen LogP contribution in [0, 0.1) is 0 Å². The summed E-state index contributed by atoms with van der Waals surface area (Å²) in [5.74, 6) is -7.97. The fourth-order valence-corrected chi connectivity index (χ4v) is 12.4. The number of esters is 1. The van der Waals surface area contributed by atoms with E-state index in [9.17, 15) is 59.1 Å². The van der Waals surface area contributed by atoms with Crippen LogP contribution < -0.4 is 18.9 Å². The molecule has 0 bridgehead atoms. The van der Waals surface area contributed by atoms with E-state index < -0.39 is 101 Å². The number of carbonyl (C=O) groups is 7. The maximum atomic E-state index is 14.4. The van der Waals surface area contributed by atoms with Crippen molar-refractivity contribution in [3.05, 3.63) is 239 Å². The Morgan fingerprint density at radius 3 is 1.35 bits per heavy atom. The van der Waals surface area contributed by atoms with Crippen LogP contribution in [-0.4, -0.2) is 119 Å². The molecule has 4 heterocycles. The SMILES string of the molecule is CCOC(=O)C(CCC(=O)O)=C(O)C(=O)N(Cc1ccc2ccccc2c1)[C@H](C)[C@H](CC=Cc1nc2ccccc2o1)c1ccc2c(c1)OCO2.C[C@H]([C@H](CC=Cc1nc2ccccc2o1)c1ccc2c(c1)OCO2)N(Cc1ccc2ccccc2c1)C(=O)C(O)=C(CC(=O)O)C(=O)CC(=O)O. The van der Waals surface area contributed by atoms with E-state index >= 15 is 0 Å². The summed E-state index contributed by atoms with van der Waals surface area (Å²) < 4.78 is 39.3. The highest BCUT2D eigenvalue weighted by Gasteiger charge is 2.36. The molecule has 8 aromatic carbocycles. The summed E-state index contributed by atoms with van der Waals surface area (Å²) >= 11 is 0. The number of oxazole rings is 2. The van der Waals surface area contributed by atoms with Gasteiger partial charge in [-0.1, -0.05) is 121 Å². The molecule has 0 saturated heterocycles. The molecule has 522 valence electrons. The number of ether oxygens (including phenoxy) is 5. The molecule has 2 amide bonds. The van der Waals surface area contributed by atoms with Gasteiger partial charge >= 0.3 is 23.9 Å². The van der Waals surface area contributed by atoms with Crippen LogP contribution in [-0.2, 0) is 51.4 Å². The van der Waals surface area contributed by atoms with Crippen molar-refractivity contribution in [2.24, 2.45) is 0 Å². The third kappa shape index (κ3) is 17.1. The smallest absolute Gasteiger partial charge is 0.337 e. The van der Waals surface area contributed by atoms with Gasteiger partial charge in [0.2, 0.25) is 25.4 Å². The average Bonchev–Trinajstić information content (AvgIpc) is 0.971. The second-order valence-electron chi connectivity index (χ2n) is 24.3. The van der Waals surface area contributed by atoms with Gasteiger partial charge in [-0.25, -0.2) is 14.8 Å². The molecular formula is C79H72N4O19. The van der Waals surface area contributed by atoms with Crippen molar-refractivity contribution in [1.29, 1.82) is 0 Å². The van der Waals surface area contributed by atoms with Gasteiger partial charge in [0.15, 0.2) is 51.5 Å². The Hall–Kier alpha value is -12.5. The molecule has 0 spiro atoms. The molecule has 23 heteroatoms. The van der Waals surface area contributed by atoms with Crippen molar-refractivity contribution < 1.29 is 91.6 Å². The maximum Gasteiger partial charge on any atom is 0.337 e. The minimum absolute atomic E-state index is 0.0211. The van der Waals surface area contributed by atoms with Crippen LogP contribution in [0.3, 0.4) is 0 Å². The predicted octanol–water partition coefficient (Wildman–Crippen LogP) is 14.2. The summed E-state index contributed by atoms with van der Waals surface area (Å²) in [5.41, 5.74) is 4.62. The topological polar surface area (TPSA) is 325 Å². The second kappa shape index (κ2) is 32.4. The number of aliphatic hydroxyl groups excluding tert-OH is 2. The molecule has 5 N–H and O–H groups in total. The molecular weight excluding hydrogens is 1310 g/mol. The summed E-state index contributed by atoms with van der Waals surface area (Å²) in [5, 5.41) is 54.7. The lowest BCUT2D eigenvalue weighted by Gasteiger charge is -2.35. The largest absolute Gasteiger partial charge is 0.503 e. The van der Waals surface area contributed by atoms with Gasteiger partial charge in [0, 0.05) is 43.4 Å². The monoisotopic (exact) mass is 1380 g/mol. The molecule has 2 aliphatic heterocycles. The van der Waals surface area contributed by atoms with Gasteiger partial charge in [0.25, 0.3) is 11.8 Å². The minimum Gasteiger partial charge on any atom is -0.503 e. The Labute approximate surface area is 584 Å². The van der Waals surface area contributed by atoms with Crippen LogP contribution in [0.1, 0.15) is 105 Å². The number of Topliss-reactive ketones (excluding diaryl/α,β-unsaturated/α-hetero) is 1. The molecule has 12 rings (SSSR count). The van der Waals surface area contributed by atoms with Crippen molar-refractivity contribution in [3.8, 4) is 23.0 Å². The first-order valence-electron chi connectivity index (χ1n) is 32.9. The summed E-state index contributed by atoms with van der Waals surface area (Å²) in [6.45, 7) is 5.39. The zero-order valence-electron chi connectivity index (χ0n) is 55.8. The number of rotatable bonds is 28. The number of ketones is 1. The number of hydrogen-bond donors (Lipinski definition) is 5. The Morgan fingerprint density at radius 1 is 0.480 bits per heavy atom. The van der Waals surface area contributed by atoms with Crippen LogP contribution in [0.25, 0.3) is 55.9 Å². The third-order valence-corrected chi connectivity index (χ3v) is 17.6. The quantitative estimate of drug-likeness (QED) is 0.0132. The van der Waals surface area contributed by atoms with Gasteiger partial charge in [0.1, 0.15) is 17.5 Å². The van der Waals surface area contributed by atoms with E-state index in [-0.39, 0.29) is 45.6 Å². The van der Waals surface area contributed by atoms with E-state index in [1.165, 1.54) is 9.80 Å². The highest BCUT2D eigenvalue weighted by Crippen LogP contribution is 2.41. The van der Waals surface area contributed by atoms with E-state index in [1.807, 2.05) is 183 Å². The Bertz CT molecular complexity index is 4880. The Morgan fingerprint density at radius 2 is 0.912 bits per heavy atom. The van der Waals surface area contributed by atoms with Gasteiger partial charge in [-0.2, -0.15) is 0 Å². The molecule has 0 unspecified atom stereocenters. The second-order valence-corrected chi connectivity index (χ2v) is 24.3. The molecule has 0 radical (unpaired) electrons. The number of para-hydroxylation sites is 4. The normalized spacial score (nSPS) is 14.0. The average molecular weight is 1380 g/mol. The van der Waals surface area contributed by atoms with Crippen molar-refractivity contribution >= 4 is 97.4 Å². The highest BCUT2D eigenvalue weighted by molar-refractivity contribution is 6.11. The first kappa shape index (κ1) is 70.8. The number of carboxylic acids is 3. The number of benzene rings is 8. The van der Waals surface area contributed by atoms with E-state index in [1.54, 1.807) is 32.1 Å². The number of fused-ring (bicyclic) bond motifs is 6. The standard InChI is InChI=1S/C40H38N2O9.C39H34N2O10/c1-3-48-40(47)31(18-20-37(43)44)38(45)39(46)42(23-26-15-16-27-9-4-5-10-28(27)21-26)25(2)30(29-17-19-34-35(22-29)50-24-49-34)11-8-14-36-41-32-12-6-7-13-33(32)51-36;1-23(28(27-15-16-33-34(18-27)50-22-49-33)9-6-12-35-40-30-10-4-5-11-32(30)51-35)41(21-24-13-14-25-7-2-3-8-26(25)17-24)39(48)38(47)29(19-36(43)44)31(42)20-37(45)46/h4-10,12-17,19,21-22,25,30,45H,3,11,18,20,23-24H2,1-2H3,(H,43,44);2-8,10-18,23,28,47H,9,19-22H2,1H3,(H,43,44)(H,45,46)/t25-,30+;23-,28+/m11/s1. The first-order chi connectivity index (χ1) is 49.3. The summed E-state index contributed by atoms with van der Waals surface area (Å²) in [6.07, 6.45) is 5.04. The first-order valence-corrected chi connectivity index (χ1v) is 32.9. The van der Waals surface area contributed by atoms with E-state index in [4.69, 9.17) is 32.5 Å². The Kier molecular flexibility index (Phi) is 22.5. The van der Waals surface area contributed by atoms with Crippen LogP contribution in [0.15, 0.2) is 214 Å². The van der Waals surface area contributed by atoms with Crippen molar-refractivity contribution in [2.75, 3.05) is 20.2 Å². The summed E-state index contributed by atoms with van der Waals surface area (Å²) in [6, 6.07) is 51.6. The van der Waals surface area contributed by atoms with E-state index in [0.29, 0.717) is 69.9 Å². The number of carboxylic acid groups (broad SMARTS) is 3. The lowest BCUT2D eigenvalue weighted by Crippen LogP contribution is -2.43. The van der Waals surface area contributed by atoms with Gasteiger partial charge in [-0.05, 0) is 157 Å². The minimum atomic E-state index is -1.53. The number of aromatic nitrogens is 2. The fraction of sp³-hybridized carbons (Fsp3) is 0.228. The van der Waals surface area contributed by atoms with Crippen molar-refractivity contribution in [2.45, 2.75) is 96.3 Å². The molecule has 0 saturated carbocycles. The third-order valence-electron chi connectivity index (χ3n) is 17.6. The van der Waals surface area contributed by atoms with Gasteiger partial charge in [-0.15, -0.1) is 0 Å². The number of hydrogen-bond acceptors (Lipinski definition) is 18. The number of aliphatic hydroxyl groups is 2. The van der Waals surface area contributed by atoms with E-state index in [2.05, 4.69) is 9.97 Å². The number of carbonyl (C=O) groups excluding carboxylic acids is 4. The fourth-order valence-electron chi connectivity index (χ4n) is 12.4. The molecule has 4 atom stereocenters. The lowest BCUT2D eigenvalue weighted by atomic mass is 9.87. The lowest BCUT2D eigenvalue weighted by molar-refractivity contribution is -0.142. The van der Waals surface area contributed by atoms with Crippen LogP contribution in [0.2, 0.25) is 0 Å². The van der Waals surface area contributed by atoms with Crippen LogP contribution >= 0.6 is 0 Å². The predicted molar refractivity (Wildman–Crippen MR) is 376 cm³/mol. The van der Waals surface area contributed by atoms with Crippen molar-refractivity contribution in [3.63, 3.8) is 0 Å². The number of nitrogens with zero attached hydrogens (tertiary/aromatic N) is 4. The molecule has 10 aromatic rings. The maximum absolute atomic E-state index is 14.4. The van der Waals surface area contributed by atoms with Gasteiger partial charge in [0.05, 0.1) is 24.2 Å². The number of aliphatic carboxylic acids is 3. The summed E-state index contributed by atoms with van der Waals surface area (Å²) in [4.78, 5) is 101. The van der Waals surface area contributed by atoms with Crippen LogP contribution in [0.5, 0.6) is 23.0 Å². The zero-order chi connectivity index (χ0) is 72.0. The molecule has 102 heavy (non-hydrogen) atoms. The highest BCUT2D eigenvalue weighted by atomic mass is 16.7. The molecule has 2 aromatic heterocycles. The summed E-state index contributed by atoms with van der Waals surface area (Å²) in [7, 11) is 0. The molecule has 0 fully saturated rings. The van der Waals surface area contributed by atoms with Gasteiger partial charge < -0.3 is 67.9 Å². The molecule has 2 aliphatic rings.